The zero-order valence-corrected chi connectivity index (χ0v) is 11.5. The Morgan fingerprint density at radius 3 is 2.76 bits per heavy atom. The predicted octanol–water partition coefficient (Wildman–Crippen LogP) is 1.39. The number of carbonyl (C=O) groups excluding carboxylic acids is 1. The summed E-state index contributed by atoms with van der Waals surface area (Å²) in [6, 6.07) is 0.333. The predicted molar refractivity (Wildman–Crippen MR) is 68.7 cm³/mol. The van der Waals surface area contributed by atoms with Gasteiger partial charge in [-0.05, 0) is 46.1 Å². The molecule has 0 radical (unpaired) electrons. The van der Waals surface area contributed by atoms with Crippen LogP contribution in [0.1, 0.15) is 40.5 Å². The van der Waals surface area contributed by atoms with E-state index in [0.717, 1.165) is 19.0 Å². The molecule has 1 saturated heterocycles. The molecule has 0 aliphatic carbocycles. The van der Waals surface area contributed by atoms with E-state index < -0.39 is 5.54 Å². The summed E-state index contributed by atoms with van der Waals surface area (Å²) in [7, 11) is 0. The third-order valence-electron chi connectivity index (χ3n) is 3.54. The van der Waals surface area contributed by atoms with Crippen molar-refractivity contribution >= 4 is 5.97 Å². The SMILES string of the molecule is CCOC(=O)C(C)(N)CC(C)N1CCC(C)C1. The summed E-state index contributed by atoms with van der Waals surface area (Å²) in [6.07, 6.45) is 1.89. The molecule has 1 rings (SSSR count). The summed E-state index contributed by atoms with van der Waals surface area (Å²) >= 11 is 0. The van der Waals surface area contributed by atoms with Crippen molar-refractivity contribution in [3.63, 3.8) is 0 Å². The molecular formula is C13H26N2O2. The molecule has 4 heteroatoms. The smallest absolute Gasteiger partial charge is 0.325 e. The highest BCUT2D eigenvalue weighted by Gasteiger charge is 2.34. The Balaban J connectivity index is 2.49. The molecule has 0 spiro atoms. The van der Waals surface area contributed by atoms with E-state index in [1.165, 1.54) is 6.42 Å². The van der Waals surface area contributed by atoms with Gasteiger partial charge in [-0.2, -0.15) is 0 Å². The number of ether oxygens (including phenoxy) is 1. The Labute approximate surface area is 104 Å². The molecule has 3 unspecified atom stereocenters. The Morgan fingerprint density at radius 2 is 2.29 bits per heavy atom. The van der Waals surface area contributed by atoms with E-state index in [1.807, 2.05) is 0 Å². The molecule has 0 aromatic heterocycles. The van der Waals surface area contributed by atoms with Crippen molar-refractivity contribution in [2.45, 2.75) is 52.1 Å². The quantitative estimate of drug-likeness (QED) is 0.740. The second kappa shape index (κ2) is 5.83. The van der Waals surface area contributed by atoms with Crippen molar-refractivity contribution in [1.29, 1.82) is 0 Å². The van der Waals surface area contributed by atoms with Gasteiger partial charge in [-0.25, -0.2) is 0 Å². The lowest BCUT2D eigenvalue weighted by atomic mass is 9.94. The lowest BCUT2D eigenvalue weighted by Crippen LogP contribution is -2.50. The highest BCUT2D eigenvalue weighted by molar-refractivity contribution is 5.80. The van der Waals surface area contributed by atoms with Crippen LogP contribution in [0.2, 0.25) is 0 Å². The van der Waals surface area contributed by atoms with Crippen LogP contribution in [-0.4, -0.2) is 42.1 Å². The van der Waals surface area contributed by atoms with Crippen molar-refractivity contribution in [1.82, 2.24) is 4.90 Å². The zero-order valence-electron chi connectivity index (χ0n) is 11.5. The minimum absolute atomic E-state index is 0.293. The Hall–Kier alpha value is -0.610. The van der Waals surface area contributed by atoms with E-state index in [4.69, 9.17) is 10.5 Å². The van der Waals surface area contributed by atoms with Crippen LogP contribution >= 0.6 is 0 Å². The molecule has 1 fully saturated rings. The fourth-order valence-electron chi connectivity index (χ4n) is 2.49. The summed E-state index contributed by atoms with van der Waals surface area (Å²) in [6.45, 7) is 10.6. The highest BCUT2D eigenvalue weighted by Crippen LogP contribution is 2.22. The molecule has 0 aromatic carbocycles. The average molecular weight is 242 g/mol. The Kier molecular flexibility index (Phi) is 4.95. The number of hydrogen-bond donors (Lipinski definition) is 1. The lowest BCUT2D eigenvalue weighted by molar-refractivity contribution is -0.149. The fraction of sp³-hybridized carbons (Fsp3) is 0.923. The van der Waals surface area contributed by atoms with Gasteiger partial charge in [-0.15, -0.1) is 0 Å². The van der Waals surface area contributed by atoms with Crippen LogP contribution in [0.15, 0.2) is 0 Å². The van der Waals surface area contributed by atoms with E-state index in [9.17, 15) is 4.79 Å². The summed E-state index contributed by atoms with van der Waals surface area (Å²) < 4.78 is 5.01. The van der Waals surface area contributed by atoms with Gasteiger partial charge in [0.15, 0.2) is 0 Å². The molecule has 0 saturated carbocycles. The normalized spacial score (nSPS) is 26.5. The summed E-state index contributed by atoms with van der Waals surface area (Å²) in [5.41, 5.74) is 5.17. The van der Waals surface area contributed by atoms with Crippen molar-refractivity contribution in [2.75, 3.05) is 19.7 Å². The van der Waals surface area contributed by atoms with Crippen molar-refractivity contribution < 1.29 is 9.53 Å². The number of nitrogens with zero attached hydrogens (tertiary/aromatic N) is 1. The molecule has 0 amide bonds. The van der Waals surface area contributed by atoms with Crippen LogP contribution < -0.4 is 5.73 Å². The minimum Gasteiger partial charge on any atom is -0.465 e. The number of esters is 1. The van der Waals surface area contributed by atoms with Crippen LogP contribution in [0.25, 0.3) is 0 Å². The number of carbonyl (C=O) groups is 1. The van der Waals surface area contributed by atoms with Crippen molar-refractivity contribution in [3.05, 3.63) is 0 Å². The molecule has 4 nitrogen and oxygen atoms in total. The molecule has 17 heavy (non-hydrogen) atoms. The highest BCUT2D eigenvalue weighted by atomic mass is 16.5. The third kappa shape index (κ3) is 3.96. The molecule has 0 aromatic rings. The number of rotatable bonds is 5. The van der Waals surface area contributed by atoms with E-state index in [0.29, 0.717) is 19.1 Å². The molecule has 1 aliphatic heterocycles. The van der Waals surface area contributed by atoms with Gasteiger partial charge in [0.2, 0.25) is 0 Å². The lowest BCUT2D eigenvalue weighted by Gasteiger charge is -2.31. The van der Waals surface area contributed by atoms with Gasteiger partial charge in [0, 0.05) is 12.6 Å². The van der Waals surface area contributed by atoms with Crippen LogP contribution in [0.4, 0.5) is 0 Å². The maximum Gasteiger partial charge on any atom is 0.325 e. The second-order valence-electron chi connectivity index (χ2n) is 5.58. The third-order valence-corrected chi connectivity index (χ3v) is 3.54. The van der Waals surface area contributed by atoms with E-state index in [2.05, 4.69) is 18.7 Å². The Morgan fingerprint density at radius 1 is 1.65 bits per heavy atom. The van der Waals surface area contributed by atoms with Gasteiger partial charge >= 0.3 is 5.97 Å². The molecule has 2 N–H and O–H groups in total. The summed E-state index contributed by atoms with van der Waals surface area (Å²) in [5.74, 6) is 0.461. The maximum atomic E-state index is 11.7. The molecule has 0 bridgehead atoms. The zero-order chi connectivity index (χ0) is 13.1. The molecule has 1 heterocycles. The summed E-state index contributed by atoms with van der Waals surface area (Å²) in [5, 5.41) is 0. The molecule has 100 valence electrons. The molecule has 1 aliphatic rings. The first kappa shape index (κ1) is 14.5. The standard InChI is InChI=1S/C13H26N2O2/c1-5-17-12(16)13(4,14)8-11(3)15-7-6-10(2)9-15/h10-11H,5-9,14H2,1-4H3. The van der Waals surface area contributed by atoms with E-state index in [-0.39, 0.29) is 5.97 Å². The first-order valence-corrected chi connectivity index (χ1v) is 6.57. The second-order valence-corrected chi connectivity index (χ2v) is 5.58. The van der Waals surface area contributed by atoms with Gasteiger partial charge in [0.1, 0.15) is 5.54 Å². The van der Waals surface area contributed by atoms with Gasteiger partial charge in [0.05, 0.1) is 6.61 Å². The van der Waals surface area contributed by atoms with Gasteiger partial charge < -0.3 is 15.4 Å². The monoisotopic (exact) mass is 242 g/mol. The first-order valence-electron chi connectivity index (χ1n) is 6.57. The number of nitrogens with two attached hydrogens (primary N) is 1. The first-order chi connectivity index (χ1) is 7.86. The van der Waals surface area contributed by atoms with Crippen LogP contribution in [0, 0.1) is 5.92 Å². The minimum atomic E-state index is -0.874. The number of hydrogen-bond acceptors (Lipinski definition) is 4. The molecule has 3 atom stereocenters. The maximum absolute atomic E-state index is 11.7. The fourth-order valence-corrected chi connectivity index (χ4v) is 2.49. The summed E-state index contributed by atoms with van der Waals surface area (Å²) in [4.78, 5) is 14.1. The molecular weight excluding hydrogens is 216 g/mol. The van der Waals surface area contributed by atoms with Crippen LogP contribution in [0.3, 0.4) is 0 Å². The average Bonchev–Trinajstić information content (AvgIpc) is 2.64. The van der Waals surface area contributed by atoms with Crippen molar-refractivity contribution in [3.8, 4) is 0 Å². The van der Waals surface area contributed by atoms with Crippen molar-refractivity contribution in [2.24, 2.45) is 11.7 Å². The Bertz CT molecular complexity index is 266. The van der Waals surface area contributed by atoms with Crippen LogP contribution in [-0.2, 0) is 9.53 Å². The van der Waals surface area contributed by atoms with E-state index >= 15 is 0 Å². The largest absolute Gasteiger partial charge is 0.465 e. The van der Waals surface area contributed by atoms with Gasteiger partial charge in [-0.1, -0.05) is 6.92 Å². The topological polar surface area (TPSA) is 55.6 Å². The number of likely N-dealkylation sites (tertiary alicyclic amines) is 1. The van der Waals surface area contributed by atoms with E-state index in [1.54, 1.807) is 13.8 Å². The van der Waals surface area contributed by atoms with Gasteiger partial charge in [-0.3, -0.25) is 4.79 Å². The van der Waals surface area contributed by atoms with Crippen LogP contribution in [0.5, 0.6) is 0 Å². The van der Waals surface area contributed by atoms with Gasteiger partial charge in [0.25, 0.3) is 0 Å².